The van der Waals surface area contributed by atoms with E-state index in [-0.39, 0.29) is 0 Å². The van der Waals surface area contributed by atoms with Crippen LogP contribution in [0.5, 0.6) is 0 Å². The Bertz CT molecular complexity index is 317. The van der Waals surface area contributed by atoms with Crippen LogP contribution in [0.2, 0.25) is 0 Å². The first-order chi connectivity index (χ1) is 6.18. The lowest BCUT2D eigenvalue weighted by Gasteiger charge is -2.28. The van der Waals surface area contributed by atoms with Crippen molar-refractivity contribution in [2.24, 2.45) is 5.92 Å². The Kier molecular flexibility index (Phi) is 2.19. The van der Waals surface area contributed by atoms with Crippen LogP contribution in [0.3, 0.4) is 0 Å². The summed E-state index contributed by atoms with van der Waals surface area (Å²) in [5.74, 6) is 1.61. The van der Waals surface area contributed by atoms with Gasteiger partial charge in [0.1, 0.15) is 7.85 Å². The van der Waals surface area contributed by atoms with Crippen LogP contribution < -0.4 is 5.46 Å². The van der Waals surface area contributed by atoms with Crippen molar-refractivity contribution in [3.05, 3.63) is 29.3 Å². The number of hydrogen-bond acceptors (Lipinski definition) is 0. The van der Waals surface area contributed by atoms with Crippen LogP contribution in [0.15, 0.2) is 18.2 Å². The fourth-order valence-corrected chi connectivity index (χ4v) is 2.33. The first kappa shape index (κ1) is 8.86. The van der Waals surface area contributed by atoms with Crippen molar-refractivity contribution < 1.29 is 0 Å². The van der Waals surface area contributed by atoms with Gasteiger partial charge in [0.05, 0.1) is 0 Å². The maximum atomic E-state index is 2.37. The van der Waals surface area contributed by atoms with Crippen LogP contribution >= 0.6 is 0 Å². The van der Waals surface area contributed by atoms with Crippen LogP contribution in [-0.4, -0.2) is 7.85 Å². The van der Waals surface area contributed by atoms with E-state index in [0.29, 0.717) is 0 Å². The Morgan fingerprint density at radius 3 is 2.85 bits per heavy atom. The van der Waals surface area contributed by atoms with Gasteiger partial charge in [0.15, 0.2) is 0 Å². The monoisotopic (exact) mass is 172 g/mol. The molecular weight excluding hydrogens is 155 g/mol. The van der Waals surface area contributed by atoms with E-state index in [4.69, 9.17) is 0 Å². The Morgan fingerprint density at radius 1 is 1.31 bits per heavy atom. The third-order valence-corrected chi connectivity index (χ3v) is 3.51. The third kappa shape index (κ3) is 1.52. The summed E-state index contributed by atoms with van der Waals surface area (Å²) in [6.07, 6.45) is 2.64. The average Bonchev–Trinajstić information content (AvgIpc) is 2.12. The zero-order chi connectivity index (χ0) is 9.42. The van der Waals surface area contributed by atoms with Crippen molar-refractivity contribution in [2.75, 3.05) is 0 Å². The summed E-state index contributed by atoms with van der Waals surface area (Å²) in [5, 5.41) is 0. The van der Waals surface area contributed by atoms with Crippen LogP contribution in [0.4, 0.5) is 0 Å². The quantitative estimate of drug-likeness (QED) is 0.522. The molecule has 0 heterocycles. The van der Waals surface area contributed by atoms with Crippen molar-refractivity contribution >= 4 is 13.3 Å². The minimum Gasteiger partial charge on any atom is -0.0887 e. The van der Waals surface area contributed by atoms with Gasteiger partial charge in [-0.3, -0.25) is 0 Å². The topological polar surface area (TPSA) is 0 Å². The van der Waals surface area contributed by atoms with Gasteiger partial charge in [-0.25, -0.2) is 0 Å². The molecule has 0 amide bonds. The molecule has 0 radical (unpaired) electrons. The molecule has 0 aliphatic heterocycles. The average molecular weight is 172 g/mol. The van der Waals surface area contributed by atoms with E-state index in [0.717, 1.165) is 11.8 Å². The molecule has 2 atom stereocenters. The molecule has 0 saturated carbocycles. The lowest BCUT2D eigenvalue weighted by Crippen LogP contribution is -2.18. The molecule has 2 rings (SSSR count). The van der Waals surface area contributed by atoms with Gasteiger partial charge in [-0.2, -0.15) is 0 Å². The van der Waals surface area contributed by atoms with Gasteiger partial charge < -0.3 is 0 Å². The van der Waals surface area contributed by atoms with Crippen LogP contribution in [0.25, 0.3) is 0 Å². The van der Waals surface area contributed by atoms with Gasteiger partial charge in [0.25, 0.3) is 0 Å². The highest BCUT2D eigenvalue weighted by atomic mass is 14.3. The molecule has 13 heavy (non-hydrogen) atoms. The number of aryl methyl sites for hydroxylation is 1. The van der Waals surface area contributed by atoms with Gasteiger partial charge in [0.2, 0.25) is 0 Å². The van der Waals surface area contributed by atoms with Gasteiger partial charge in [-0.05, 0) is 35.8 Å². The standard InChI is InChI=1S/C12H17B/c1-8-3-4-10-7-11(13)5-6-12(10)9(8)2/h5-9H,3-4,13H2,1-2H3. The molecule has 0 N–H and O–H groups in total. The molecule has 1 aromatic carbocycles. The normalized spacial score (nSPS) is 26.9. The predicted octanol–water partition coefficient (Wildman–Crippen LogP) is 1.63. The third-order valence-electron chi connectivity index (χ3n) is 3.51. The summed E-state index contributed by atoms with van der Waals surface area (Å²) in [6, 6.07) is 6.93. The fraction of sp³-hybridized carbons (Fsp3) is 0.500. The molecule has 0 nitrogen and oxygen atoms in total. The second-order valence-electron chi connectivity index (χ2n) is 4.51. The SMILES string of the molecule is Bc1ccc2c(c1)CCC(C)C2C. The van der Waals surface area contributed by atoms with Gasteiger partial charge in [-0.15, -0.1) is 0 Å². The van der Waals surface area contributed by atoms with Crippen molar-refractivity contribution in [2.45, 2.75) is 32.6 Å². The lowest BCUT2D eigenvalue weighted by molar-refractivity contribution is 0.426. The number of fused-ring (bicyclic) bond motifs is 1. The molecule has 68 valence electrons. The van der Waals surface area contributed by atoms with E-state index in [1.54, 1.807) is 11.1 Å². The molecule has 0 fully saturated rings. The first-order valence-electron chi connectivity index (χ1n) is 5.28. The summed E-state index contributed by atoms with van der Waals surface area (Å²) >= 11 is 0. The molecule has 0 bridgehead atoms. The maximum absolute atomic E-state index is 2.37. The number of rotatable bonds is 0. The maximum Gasteiger partial charge on any atom is 0.139 e. The minimum atomic E-state index is 0.754. The van der Waals surface area contributed by atoms with Crippen molar-refractivity contribution in [3.63, 3.8) is 0 Å². The van der Waals surface area contributed by atoms with Crippen LogP contribution in [0.1, 0.15) is 37.3 Å². The Balaban J connectivity index is 2.44. The van der Waals surface area contributed by atoms with E-state index in [2.05, 4.69) is 39.9 Å². The second-order valence-corrected chi connectivity index (χ2v) is 4.51. The molecule has 1 aliphatic rings. The van der Waals surface area contributed by atoms with Gasteiger partial charge in [-0.1, -0.05) is 37.5 Å². The fourth-order valence-electron chi connectivity index (χ4n) is 2.33. The number of benzene rings is 1. The van der Waals surface area contributed by atoms with Crippen molar-refractivity contribution in [1.82, 2.24) is 0 Å². The highest BCUT2D eigenvalue weighted by Gasteiger charge is 2.22. The molecule has 2 unspecified atom stereocenters. The molecule has 1 aliphatic carbocycles. The number of hydrogen-bond donors (Lipinski definition) is 0. The molecule has 0 spiro atoms. The predicted molar refractivity (Wildman–Crippen MR) is 60.5 cm³/mol. The molecule has 1 heteroatoms. The molecular formula is C12H17B. The molecule has 0 saturated heterocycles. The largest absolute Gasteiger partial charge is 0.139 e. The van der Waals surface area contributed by atoms with E-state index < -0.39 is 0 Å². The second kappa shape index (κ2) is 3.21. The highest BCUT2D eigenvalue weighted by Crippen LogP contribution is 2.34. The summed E-state index contributed by atoms with van der Waals surface area (Å²) in [5.41, 5.74) is 4.58. The Morgan fingerprint density at radius 2 is 2.08 bits per heavy atom. The minimum absolute atomic E-state index is 0.754. The zero-order valence-corrected chi connectivity index (χ0v) is 8.80. The van der Waals surface area contributed by atoms with Gasteiger partial charge in [0, 0.05) is 0 Å². The summed E-state index contributed by atoms with van der Waals surface area (Å²) < 4.78 is 0. The first-order valence-corrected chi connectivity index (χ1v) is 5.28. The zero-order valence-electron chi connectivity index (χ0n) is 8.80. The summed E-state index contributed by atoms with van der Waals surface area (Å²) in [7, 11) is 2.18. The lowest BCUT2D eigenvalue weighted by atomic mass is 9.75. The van der Waals surface area contributed by atoms with Crippen molar-refractivity contribution in [3.8, 4) is 0 Å². The van der Waals surface area contributed by atoms with Crippen LogP contribution in [0, 0.1) is 5.92 Å². The summed E-state index contributed by atoms with van der Waals surface area (Å²) in [6.45, 7) is 4.73. The van der Waals surface area contributed by atoms with Crippen LogP contribution in [-0.2, 0) is 6.42 Å². The van der Waals surface area contributed by atoms with E-state index in [9.17, 15) is 0 Å². The van der Waals surface area contributed by atoms with E-state index in [1.807, 2.05) is 0 Å². The van der Waals surface area contributed by atoms with Crippen molar-refractivity contribution in [1.29, 1.82) is 0 Å². The Hall–Kier alpha value is -0.715. The molecule has 0 aromatic heterocycles. The Labute approximate surface area is 81.8 Å². The highest BCUT2D eigenvalue weighted by molar-refractivity contribution is 6.32. The smallest absolute Gasteiger partial charge is 0.0887 e. The summed E-state index contributed by atoms with van der Waals surface area (Å²) in [4.78, 5) is 0. The van der Waals surface area contributed by atoms with Gasteiger partial charge >= 0.3 is 0 Å². The molecule has 1 aromatic rings. The van der Waals surface area contributed by atoms with E-state index >= 15 is 0 Å². The van der Waals surface area contributed by atoms with E-state index in [1.165, 1.54) is 18.3 Å².